The molecule has 0 saturated heterocycles. The van der Waals surface area contributed by atoms with Crippen molar-refractivity contribution < 1.29 is 9.53 Å². The molecule has 106 valence electrons. The Bertz CT molecular complexity index is 648. The number of nitrogens with one attached hydrogen (secondary N) is 1. The lowest BCUT2D eigenvalue weighted by molar-refractivity contribution is 0.0601. The second-order valence-corrected chi connectivity index (χ2v) is 7.23. The van der Waals surface area contributed by atoms with Crippen molar-refractivity contribution in [2.75, 3.05) is 12.4 Å². The summed E-state index contributed by atoms with van der Waals surface area (Å²) in [6.07, 6.45) is 1.60. The standard InChI is InChI=1S/C12H9Br2ClN2O2S/c1-19-12(18)7-2-6(13)3-8(14)11(7)17-5-10-16-4-9(15)20-10/h2-4,17H,5H2,1H3. The van der Waals surface area contributed by atoms with E-state index in [4.69, 9.17) is 16.3 Å². The molecule has 1 aromatic heterocycles. The highest BCUT2D eigenvalue weighted by Gasteiger charge is 2.16. The highest BCUT2D eigenvalue weighted by atomic mass is 79.9. The largest absolute Gasteiger partial charge is 0.465 e. The number of thiazole rings is 1. The van der Waals surface area contributed by atoms with E-state index in [-0.39, 0.29) is 0 Å². The zero-order chi connectivity index (χ0) is 14.7. The van der Waals surface area contributed by atoms with Gasteiger partial charge in [-0.2, -0.15) is 0 Å². The van der Waals surface area contributed by atoms with Gasteiger partial charge in [-0.1, -0.05) is 27.5 Å². The van der Waals surface area contributed by atoms with Crippen LogP contribution in [0.3, 0.4) is 0 Å². The molecule has 0 amide bonds. The van der Waals surface area contributed by atoms with Gasteiger partial charge in [-0.05, 0) is 28.1 Å². The van der Waals surface area contributed by atoms with E-state index in [2.05, 4.69) is 42.2 Å². The number of aromatic nitrogens is 1. The monoisotopic (exact) mass is 438 g/mol. The average Bonchev–Trinajstić information content (AvgIpc) is 2.81. The molecule has 0 bridgehead atoms. The first-order valence-electron chi connectivity index (χ1n) is 5.42. The Kier molecular flexibility index (Phi) is 5.42. The van der Waals surface area contributed by atoms with Gasteiger partial charge in [0.05, 0.1) is 31.1 Å². The van der Waals surface area contributed by atoms with Crippen LogP contribution < -0.4 is 5.32 Å². The van der Waals surface area contributed by atoms with Gasteiger partial charge in [-0.15, -0.1) is 11.3 Å². The Morgan fingerprint density at radius 1 is 1.50 bits per heavy atom. The molecule has 0 saturated carbocycles. The van der Waals surface area contributed by atoms with Gasteiger partial charge in [0.15, 0.2) is 0 Å². The first-order valence-corrected chi connectivity index (χ1v) is 8.20. The summed E-state index contributed by atoms with van der Waals surface area (Å²) in [6.45, 7) is 0.474. The minimum Gasteiger partial charge on any atom is -0.465 e. The van der Waals surface area contributed by atoms with Gasteiger partial charge in [-0.3, -0.25) is 0 Å². The summed E-state index contributed by atoms with van der Waals surface area (Å²) in [5.74, 6) is -0.410. The second-order valence-electron chi connectivity index (χ2n) is 3.71. The molecule has 0 spiro atoms. The van der Waals surface area contributed by atoms with E-state index < -0.39 is 5.97 Å². The number of benzene rings is 1. The van der Waals surface area contributed by atoms with Gasteiger partial charge in [0, 0.05) is 8.95 Å². The molecule has 0 aliphatic rings. The fourth-order valence-corrected chi connectivity index (χ4v) is 3.82. The Morgan fingerprint density at radius 3 is 2.85 bits per heavy atom. The van der Waals surface area contributed by atoms with E-state index in [0.29, 0.717) is 22.1 Å². The van der Waals surface area contributed by atoms with Gasteiger partial charge < -0.3 is 10.1 Å². The topological polar surface area (TPSA) is 51.2 Å². The maximum Gasteiger partial charge on any atom is 0.340 e. The molecule has 2 rings (SSSR count). The van der Waals surface area contributed by atoms with Crippen LogP contribution in [0.25, 0.3) is 0 Å². The molecule has 0 aliphatic heterocycles. The van der Waals surface area contributed by atoms with Crippen molar-refractivity contribution in [1.82, 2.24) is 4.98 Å². The first kappa shape index (κ1) is 15.8. The molecular weight excluding hydrogens is 431 g/mol. The molecule has 0 radical (unpaired) electrons. The lowest BCUT2D eigenvalue weighted by Gasteiger charge is -2.12. The third-order valence-corrected chi connectivity index (χ3v) is 4.60. The Morgan fingerprint density at radius 2 is 2.25 bits per heavy atom. The molecule has 4 nitrogen and oxygen atoms in total. The van der Waals surface area contributed by atoms with Crippen LogP contribution in [0.4, 0.5) is 5.69 Å². The van der Waals surface area contributed by atoms with Gasteiger partial charge in [0.1, 0.15) is 9.34 Å². The van der Waals surface area contributed by atoms with Crippen LogP contribution in [0.1, 0.15) is 15.4 Å². The molecule has 0 fully saturated rings. The molecule has 1 aromatic carbocycles. The summed E-state index contributed by atoms with van der Waals surface area (Å²) in [6, 6.07) is 3.55. The van der Waals surface area contributed by atoms with Gasteiger partial charge in [0.25, 0.3) is 0 Å². The van der Waals surface area contributed by atoms with Crippen LogP contribution in [0.15, 0.2) is 27.3 Å². The number of methoxy groups -OCH3 is 1. The average molecular weight is 441 g/mol. The number of nitrogens with zero attached hydrogens (tertiary/aromatic N) is 1. The van der Waals surface area contributed by atoms with Gasteiger partial charge >= 0.3 is 5.97 Å². The molecule has 1 heterocycles. The normalized spacial score (nSPS) is 10.4. The number of hydrogen-bond donors (Lipinski definition) is 1. The van der Waals surface area contributed by atoms with Gasteiger partial charge in [-0.25, -0.2) is 9.78 Å². The summed E-state index contributed by atoms with van der Waals surface area (Å²) >= 11 is 14.0. The number of hydrogen-bond acceptors (Lipinski definition) is 5. The van der Waals surface area contributed by atoms with E-state index in [1.165, 1.54) is 18.4 Å². The number of carbonyl (C=O) groups is 1. The maximum absolute atomic E-state index is 11.8. The van der Waals surface area contributed by atoms with Crippen molar-refractivity contribution in [3.8, 4) is 0 Å². The van der Waals surface area contributed by atoms with E-state index >= 15 is 0 Å². The van der Waals surface area contributed by atoms with Crippen molar-refractivity contribution in [2.45, 2.75) is 6.54 Å². The summed E-state index contributed by atoms with van der Waals surface area (Å²) in [5.41, 5.74) is 1.10. The fraction of sp³-hybridized carbons (Fsp3) is 0.167. The number of rotatable bonds is 4. The van der Waals surface area contributed by atoms with E-state index in [9.17, 15) is 4.79 Å². The minimum atomic E-state index is -0.410. The molecule has 0 atom stereocenters. The van der Waals surface area contributed by atoms with Crippen molar-refractivity contribution >= 4 is 66.5 Å². The SMILES string of the molecule is COC(=O)c1cc(Br)cc(Br)c1NCc1ncc(Cl)s1. The minimum absolute atomic E-state index is 0.410. The maximum atomic E-state index is 11.8. The van der Waals surface area contributed by atoms with Crippen LogP contribution in [0, 0.1) is 0 Å². The molecule has 0 aliphatic carbocycles. The van der Waals surface area contributed by atoms with Crippen molar-refractivity contribution in [3.05, 3.63) is 42.2 Å². The van der Waals surface area contributed by atoms with Crippen molar-refractivity contribution in [1.29, 1.82) is 0 Å². The molecule has 8 heteroatoms. The third-order valence-electron chi connectivity index (χ3n) is 2.40. The number of ether oxygens (including phenoxy) is 1. The first-order chi connectivity index (χ1) is 9.51. The van der Waals surface area contributed by atoms with E-state index in [0.717, 1.165) is 14.0 Å². The highest BCUT2D eigenvalue weighted by molar-refractivity contribution is 9.11. The lowest BCUT2D eigenvalue weighted by atomic mass is 10.2. The molecular formula is C12H9Br2ClN2O2S. The van der Waals surface area contributed by atoms with Crippen LogP contribution in [-0.4, -0.2) is 18.1 Å². The highest BCUT2D eigenvalue weighted by Crippen LogP contribution is 2.32. The zero-order valence-corrected chi connectivity index (χ0v) is 15.0. The third kappa shape index (κ3) is 3.72. The molecule has 2 aromatic rings. The summed E-state index contributed by atoms with van der Waals surface area (Å²) in [4.78, 5) is 16.0. The Hall–Kier alpha value is -0.630. The predicted octanol–water partition coefficient (Wildman–Crippen LogP) is 4.72. The summed E-state index contributed by atoms with van der Waals surface area (Å²) in [7, 11) is 1.35. The van der Waals surface area contributed by atoms with Crippen LogP contribution in [0.5, 0.6) is 0 Å². The predicted molar refractivity (Wildman–Crippen MR) is 87.6 cm³/mol. The number of esters is 1. The molecule has 20 heavy (non-hydrogen) atoms. The van der Waals surface area contributed by atoms with E-state index in [1.54, 1.807) is 12.3 Å². The van der Waals surface area contributed by atoms with Crippen molar-refractivity contribution in [3.63, 3.8) is 0 Å². The van der Waals surface area contributed by atoms with Crippen LogP contribution >= 0.6 is 54.8 Å². The zero-order valence-electron chi connectivity index (χ0n) is 10.2. The smallest absolute Gasteiger partial charge is 0.340 e. The lowest BCUT2D eigenvalue weighted by Crippen LogP contribution is -2.09. The van der Waals surface area contributed by atoms with Gasteiger partial charge in [0.2, 0.25) is 0 Å². The molecule has 1 N–H and O–H groups in total. The number of carbonyl (C=O) groups excluding carboxylic acids is 1. The Labute approximate surface area is 141 Å². The quantitative estimate of drug-likeness (QED) is 0.699. The number of halogens is 3. The summed E-state index contributed by atoms with van der Waals surface area (Å²) in [5, 5.41) is 4.01. The second kappa shape index (κ2) is 6.89. The summed E-state index contributed by atoms with van der Waals surface area (Å²) < 4.78 is 6.96. The van der Waals surface area contributed by atoms with Crippen LogP contribution in [-0.2, 0) is 11.3 Å². The Balaban J connectivity index is 2.27. The van der Waals surface area contributed by atoms with E-state index in [1.807, 2.05) is 6.07 Å². The fourth-order valence-electron chi connectivity index (χ4n) is 1.56. The molecule has 0 unspecified atom stereocenters. The van der Waals surface area contributed by atoms with Crippen molar-refractivity contribution in [2.24, 2.45) is 0 Å². The van der Waals surface area contributed by atoms with Crippen LogP contribution in [0.2, 0.25) is 4.34 Å². The number of anilines is 1.